The summed E-state index contributed by atoms with van der Waals surface area (Å²) in [5, 5.41) is 30.5. The van der Waals surface area contributed by atoms with Crippen LogP contribution in [0.25, 0.3) is 0 Å². The monoisotopic (exact) mass is 503 g/mol. The molecule has 1 aliphatic rings. The first-order chi connectivity index (χ1) is 17.1. The highest BCUT2D eigenvalue weighted by atomic mass is 19.4. The lowest BCUT2D eigenvalue weighted by atomic mass is 9.67. The van der Waals surface area contributed by atoms with Gasteiger partial charge >= 0.3 is 12.1 Å². The van der Waals surface area contributed by atoms with Gasteiger partial charge in [0.25, 0.3) is 0 Å². The number of nitrogens with zero attached hydrogens (tertiary/aromatic N) is 1. The van der Waals surface area contributed by atoms with Crippen LogP contribution in [0.15, 0.2) is 67.0 Å². The SMILES string of the molecule is COc1cncc2c1C[C@](c1ccc(C(F)(F)F)cc1)([C@H](c1ccccc1)[C@@H](C(=O)O)[C@@H](O)CO)O2. The van der Waals surface area contributed by atoms with Gasteiger partial charge in [0.1, 0.15) is 17.1 Å². The Balaban J connectivity index is 1.99. The Kier molecular flexibility index (Phi) is 6.92. The second-order valence-electron chi connectivity index (χ2n) is 8.56. The van der Waals surface area contributed by atoms with Crippen LogP contribution >= 0.6 is 0 Å². The molecule has 1 aromatic heterocycles. The van der Waals surface area contributed by atoms with E-state index in [1.807, 2.05) is 0 Å². The van der Waals surface area contributed by atoms with Crippen LogP contribution in [-0.4, -0.2) is 46.1 Å². The summed E-state index contributed by atoms with van der Waals surface area (Å²) in [7, 11) is 1.43. The van der Waals surface area contributed by atoms with Crippen molar-refractivity contribution in [1.29, 1.82) is 0 Å². The topological polar surface area (TPSA) is 109 Å². The number of aliphatic carboxylic acids is 1. The minimum atomic E-state index is -4.58. The van der Waals surface area contributed by atoms with Crippen molar-refractivity contribution in [2.24, 2.45) is 5.92 Å². The fourth-order valence-corrected chi connectivity index (χ4v) is 4.91. The van der Waals surface area contributed by atoms with Gasteiger partial charge in [-0.05, 0) is 23.3 Å². The molecule has 3 N–H and O–H groups in total. The van der Waals surface area contributed by atoms with Gasteiger partial charge in [0.05, 0.1) is 43.7 Å². The maximum absolute atomic E-state index is 13.3. The lowest BCUT2D eigenvalue weighted by Gasteiger charge is -2.41. The van der Waals surface area contributed by atoms with Crippen LogP contribution in [0, 0.1) is 5.92 Å². The second kappa shape index (κ2) is 9.79. The maximum atomic E-state index is 13.3. The minimum absolute atomic E-state index is 0.0148. The Bertz CT molecular complexity index is 1220. The van der Waals surface area contributed by atoms with Gasteiger partial charge in [0.15, 0.2) is 0 Å². The number of pyridine rings is 1. The molecule has 7 nitrogen and oxygen atoms in total. The van der Waals surface area contributed by atoms with Crippen LogP contribution in [0.1, 0.15) is 28.2 Å². The van der Waals surface area contributed by atoms with Crippen LogP contribution in [0.4, 0.5) is 13.2 Å². The number of ether oxygens (including phenoxy) is 2. The summed E-state index contributed by atoms with van der Waals surface area (Å²) >= 11 is 0. The molecule has 1 aliphatic heterocycles. The van der Waals surface area contributed by atoms with Crippen molar-refractivity contribution in [3.63, 3.8) is 0 Å². The Morgan fingerprint density at radius 1 is 1.14 bits per heavy atom. The number of carboxylic acid groups (broad SMARTS) is 1. The standard InChI is InChI=1S/C26H24F3NO6/c1-35-20-12-30-13-21-18(20)11-25(36-21,16-7-9-17(10-8-16)26(27,28)29)23(15-5-3-2-4-6-15)22(24(33)34)19(32)14-31/h2-10,12-13,19,22-23,31-32H,11,14H2,1H3,(H,33,34)/t19-,22-,23+,25-/m0/s1. The first kappa shape index (κ1) is 25.5. The average molecular weight is 503 g/mol. The van der Waals surface area contributed by atoms with Crippen molar-refractivity contribution < 1.29 is 42.8 Å². The highest BCUT2D eigenvalue weighted by Gasteiger charge is 2.55. The molecule has 0 spiro atoms. The first-order valence-electron chi connectivity index (χ1n) is 11.1. The Labute approximate surface area is 204 Å². The van der Waals surface area contributed by atoms with E-state index in [2.05, 4.69) is 4.98 Å². The fraction of sp³-hybridized carbons (Fsp3) is 0.308. The van der Waals surface area contributed by atoms with Crippen LogP contribution < -0.4 is 9.47 Å². The summed E-state index contributed by atoms with van der Waals surface area (Å²) in [4.78, 5) is 16.6. The third-order valence-corrected chi connectivity index (χ3v) is 6.54. The number of aliphatic hydroxyl groups excluding tert-OH is 2. The highest BCUT2D eigenvalue weighted by Crippen LogP contribution is 2.54. The van der Waals surface area contributed by atoms with E-state index >= 15 is 0 Å². The van der Waals surface area contributed by atoms with Crippen LogP contribution in [0.2, 0.25) is 0 Å². The van der Waals surface area contributed by atoms with E-state index < -0.39 is 47.9 Å². The van der Waals surface area contributed by atoms with E-state index in [0.29, 0.717) is 16.9 Å². The second-order valence-corrected chi connectivity index (χ2v) is 8.56. The molecule has 0 saturated heterocycles. The number of fused-ring (bicyclic) bond motifs is 1. The van der Waals surface area contributed by atoms with Gasteiger partial charge in [0.2, 0.25) is 0 Å². The molecule has 0 saturated carbocycles. The molecule has 3 aromatic rings. The van der Waals surface area contributed by atoms with Gasteiger partial charge in [-0.25, -0.2) is 0 Å². The van der Waals surface area contributed by atoms with Gasteiger partial charge in [0, 0.05) is 17.9 Å². The molecule has 4 atom stereocenters. The maximum Gasteiger partial charge on any atom is 0.416 e. The zero-order valence-electron chi connectivity index (χ0n) is 19.1. The summed E-state index contributed by atoms with van der Waals surface area (Å²) in [6, 6.07) is 12.7. The number of aromatic nitrogens is 1. The smallest absolute Gasteiger partial charge is 0.416 e. The molecule has 0 amide bonds. The number of halogens is 3. The fourth-order valence-electron chi connectivity index (χ4n) is 4.91. The quantitative estimate of drug-likeness (QED) is 0.429. The highest BCUT2D eigenvalue weighted by molar-refractivity contribution is 5.73. The number of rotatable bonds is 8. The lowest BCUT2D eigenvalue weighted by Crippen LogP contribution is -2.48. The molecular weight excluding hydrogens is 479 g/mol. The molecule has 0 bridgehead atoms. The van der Waals surface area contributed by atoms with Crippen molar-refractivity contribution in [1.82, 2.24) is 4.98 Å². The molecule has 4 rings (SSSR count). The normalized spacial score (nSPS) is 19.6. The summed E-state index contributed by atoms with van der Waals surface area (Å²) < 4.78 is 51.8. The number of methoxy groups -OCH3 is 1. The largest absolute Gasteiger partial charge is 0.495 e. The predicted octanol–water partition coefficient (Wildman–Crippen LogP) is 3.78. The van der Waals surface area contributed by atoms with Crippen molar-refractivity contribution >= 4 is 5.97 Å². The molecule has 0 aliphatic carbocycles. The summed E-state index contributed by atoms with van der Waals surface area (Å²) in [6.07, 6.45) is -3.37. The lowest BCUT2D eigenvalue weighted by molar-refractivity contribution is -0.152. The zero-order chi connectivity index (χ0) is 26.1. The summed E-state index contributed by atoms with van der Waals surface area (Å²) in [5.74, 6) is -3.47. The van der Waals surface area contributed by atoms with Gasteiger partial charge in [-0.1, -0.05) is 42.5 Å². The van der Waals surface area contributed by atoms with Crippen LogP contribution in [0.5, 0.6) is 11.5 Å². The van der Waals surface area contributed by atoms with Gasteiger partial charge in [-0.2, -0.15) is 13.2 Å². The molecule has 190 valence electrons. The van der Waals surface area contributed by atoms with Gasteiger partial charge in [-0.15, -0.1) is 0 Å². The number of carboxylic acids is 1. The van der Waals surface area contributed by atoms with Crippen LogP contribution in [-0.2, 0) is 23.0 Å². The Hall–Kier alpha value is -3.63. The third kappa shape index (κ3) is 4.49. The molecule has 36 heavy (non-hydrogen) atoms. The van der Waals surface area contributed by atoms with Crippen molar-refractivity contribution in [2.45, 2.75) is 30.2 Å². The molecular formula is C26H24F3NO6. The van der Waals surface area contributed by atoms with E-state index in [0.717, 1.165) is 12.1 Å². The van der Waals surface area contributed by atoms with E-state index in [1.165, 1.54) is 31.6 Å². The molecule has 0 unspecified atom stereocenters. The van der Waals surface area contributed by atoms with Crippen molar-refractivity contribution in [2.75, 3.05) is 13.7 Å². The van der Waals surface area contributed by atoms with Gasteiger partial charge in [-0.3, -0.25) is 9.78 Å². The number of hydrogen-bond acceptors (Lipinski definition) is 6. The third-order valence-electron chi connectivity index (χ3n) is 6.54. The summed E-state index contributed by atoms with van der Waals surface area (Å²) in [6.45, 7) is -0.846. The Morgan fingerprint density at radius 3 is 2.36 bits per heavy atom. The molecule has 2 heterocycles. The van der Waals surface area contributed by atoms with Crippen molar-refractivity contribution in [3.8, 4) is 11.5 Å². The zero-order valence-corrected chi connectivity index (χ0v) is 19.1. The Morgan fingerprint density at radius 2 is 1.81 bits per heavy atom. The first-order valence-corrected chi connectivity index (χ1v) is 11.1. The van der Waals surface area contributed by atoms with E-state index in [9.17, 15) is 33.3 Å². The van der Waals surface area contributed by atoms with Crippen LogP contribution in [0.3, 0.4) is 0 Å². The molecule has 0 fully saturated rings. The van der Waals surface area contributed by atoms with Crippen molar-refractivity contribution in [3.05, 3.63) is 89.2 Å². The van der Waals surface area contributed by atoms with E-state index in [1.54, 1.807) is 30.3 Å². The summed E-state index contributed by atoms with van der Waals surface area (Å²) in [5.41, 5.74) is -1.19. The predicted molar refractivity (Wildman–Crippen MR) is 122 cm³/mol. The molecule has 0 radical (unpaired) electrons. The van der Waals surface area contributed by atoms with E-state index in [4.69, 9.17) is 9.47 Å². The average Bonchev–Trinajstić information content (AvgIpc) is 3.27. The molecule has 10 heteroatoms. The number of alkyl halides is 3. The number of benzene rings is 2. The molecule has 2 aromatic carbocycles. The number of carbonyl (C=O) groups is 1. The minimum Gasteiger partial charge on any atom is -0.495 e. The van der Waals surface area contributed by atoms with E-state index in [-0.39, 0.29) is 17.7 Å². The number of aliphatic hydroxyl groups is 2. The van der Waals surface area contributed by atoms with Gasteiger partial charge < -0.3 is 24.8 Å². The number of hydrogen-bond donors (Lipinski definition) is 3.